The van der Waals surface area contributed by atoms with Crippen LogP contribution in [0.15, 0.2) is 18.2 Å². The molecule has 0 bridgehead atoms. The number of aryl methyl sites for hydroxylation is 2. The molecule has 11 heavy (non-hydrogen) atoms. The van der Waals surface area contributed by atoms with Crippen LogP contribution in [0.4, 0.5) is 0 Å². The van der Waals surface area contributed by atoms with Gasteiger partial charge in [-0.2, -0.15) is 0 Å². The van der Waals surface area contributed by atoms with Gasteiger partial charge in [0, 0.05) is 0 Å². The maximum absolute atomic E-state index is 2.43. The summed E-state index contributed by atoms with van der Waals surface area (Å²) >= 11 is 0. The first-order valence-electron chi connectivity index (χ1n) is 4.39. The van der Waals surface area contributed by atoms with Crippen LogP contribution in [-0.4, -0.2) is 8.80 Å². The predicted octanol–water partition coefficient (Wildman–Crippen LogP) is 1.48. The molecule has 1 aliphatic rings. The largest absolute Gasteiger partial charge is 0.0682 e. The summed E-state index contributed by atoms with van der Waals surface area (Å²) in [6, 6.07) is 7.08. The molecule has 0 N–H and O–H groups in total. The second-order valence-corrected chi connectivity index (χ2v) is 6.66. The molecule has 1 aliphatic carbocycles. The van der Waals surface area contributed by atoms with Gasteiger partial charge in [0.25, 0.3) is 0 Å². The van der Waals surface area contributed by atoms with Gasteiger partial charge in [-0.1, -0.05) is 36.5 Å². The highest BCUT2D eigenvalue weighted by molar-refractivity contribution is 6.70. The minimum Gasteiger partial charge on any atom is -0.0682 e. The van der Waals surface area contributed by atoms with E-state index in [0.29, 0.717) is 0 Å². The summed E-state index contributed by atoms with van der Waals surface area (Å²) in [7, 11) is -0.544. The number of hydrogen-bond donors (Lipinski definition) is 0. The molecule has 0 unspecified atom stereocenters. The molecule has 0 spiro atoms. The highest BCUT2D eigenvalue weighted by atomic mass is 28.3. The number of benzene rings is 1. The van der Waals surface area contributed by atoms with Crippen molar-refractivity contribution >= 4 is 14.0 Å². The Kier molecular flexibility index (Phi) is 1.61. The van der Waals surface area contributed by atoms with Crippen molar-refractivity contribution in [1.82, 2.24) is 0 Å². The summed E-state index contributed by atoms with van der Waals surface area (Å²) in [5.74, 6) is 0. The zero-order valence-corrected chi connectivity index (χ0v) is 8.38. The normalized spacial score (nSPS) is 14.5. The van der Waals surface area contributed by atoms with Gasteiger partial charge in [0.1, 0.15) is 0 Å². The van der Waals surface area contributed by atoms with Crippen LogP contribution < -0.4 is 5.19 Å². The molecule has 0 aromatic heterocycles. The molecule has 58 valence electrons. The Morgan fingerprint density at radius 3 is 2.27 bits per heavy atom. The van der Waals surface area contributed by atoms with Gasteiger partial charge in [-0.3, -0.25) is 0 Å². The van der Waals surface area contributed by atoms with E-state index in [4.69, 9.17) is 0 Å². The van der Waals surface area contributed by atoms with E-state index in [1.54, 1.807) is 16.3 Å². The van der Waals surface area contributed by atoms with Crippen LogP contribution >= 0.6 is 0 Å². The topological polar surface area (TPSA) is 0 Å². The van der Waals surface area contributed by atoms with Crippen LogP contribution in [0.25, 0.3) is 0 Å². The quantitative estimate of drug-likeness (QED) is 0.549. The molecular weight excluding hydrogens is 148 g/mol. The van der Waals surface area contributed by atoms with Gasteiger partial charge in [0.2, 0.25) is 0 Å². The van der Waals surface area contributed by atoms with Gasteiger partial charge in [-0.05, 0) is 24.0 Å². The molecule has 0 atom stereocenters. The Labute approximate surface area is 69.9 Å². The molecule has 0 fully saturated rings. The average Bonchev–Trinajstić information content (AvgIpc) is 1.91. The van der Waals surface area contributed by atoms with Gasteiger partial charge in [-0.25, -0.2) is 0 Å². The standard InChI is InChI=1S/C10H14Si/c1-11(2)10-6-5-8-3-4-9(8)7-10/h5-7,11H,3-4H2,1-2H3. The lowest BCUT2D eigenvalue weighted by Crippen LogP contribution is -2.25. The van der Waals surface area contributed by atoms with Crippen molar-refractivity contribution in [2.75, 3.05) is 0 Å². The van der Waals surface area contributed by atoms with E-state index >= 15 is 0 Å². The lowest BCUT2D eigenvalue weighted by molar-refractivity contribution is 0.841. The van der Waals surface area contributed by atoms with Crippen LogP contribution in [0, 0.1) is 0 Å². The van der Waals surface area contributed by atoms with Crippen molar-refractivity contribution in [2.24, 2.45) is 0 Å². The summed E-state index contributed by atoms with van der Waals surface area (Å²) in [5, 5.41) is 1.63. The molecule has 1 aromatic rings. The molecule has 1 heteroatoms. The molecule has 0 amide bonds. The summed E-state index contributed by atoms with van der Waals surface area (Å²) in [6.45, 7) is 4.78. The van der Waals surface area contributed by atoms with E-state index in [1.807, 2.05) is 0 Å². The van der Waals surface area contributed by atoms with Gasteiger partial charge in [-0.15, -0.1) is 0 Å². The molecule has 0 aliphatic heterocycles. The zero-order valence-electron chi connectivity index (χ0n) is 7.22. The first-order valence-corrected chi connectivity index (χ1v) is 7.28. The Hall–Kier alpha value is -0.563. The minimum atomic E-state index is -0.544. The lowest BCUT2D eigenvalue weighted by Gasteiger charge is -2.20. The highest BCUT2D eigenvalue weighted by Gasteiger charge is 2.13. The third-order valence-electron chi connectivity index (χ3n) is 2.56. The minimum absolute atomic E-state index is 0.544. The molecule has 0 radical (unpaired) electrons. The molecule has 1 aromatic carbocycles. The summed E-state index contributed by atoms with van der Waals surface area (Å²) < 4.78 is 0. The molecule has 0 heterocycles. The van der Waals surface area contributed by atoms with Crippen molar-refractivity contribution in [3.05, 3.63) is 29.3 Å². The third kappa shape index (κ3) is 1.14. The Bertz CT molecular complexity index is 276. The summed E-state index contributed by atoms with van der Waals surface area (Å²) in [4.78, 5) is 0. The molecular formula is C10H14Si. The van der Waals surface area contributed by atoms with Gasteiger partial charge in [0.05, 0.1) is 8.80 Å². The first kappa shape index (κ1) is 7.11. The van der Waals surface area contributed by atoms with Gasteiger partial charge >= 0.3 is 0 Å². The smallest absolute Gasteiger partial charge is 0.0647 e. The maximum Gasteiger partial charge on any atom is 0.0647 e. The second kappa shape index (κ2) is 2.49. The second-order valence-electron chi connectivity index (χ2n) is 3.68. The Morgan fingerprint density at radius 1 is 1.09 bits per heavy atom. The van der Waals surface area contributed by atoms with Crippen LogP contribution in [0.5, 0.6) is 0 Å². The first-order chi connectivity index (χ1) is 5.27. The van der Waals surface area contributed by atoms with E-state index in [1.165, 1.54) is 12.8 Å². The van der Waals surface area contributed by atoms with E-state index in [2.05, 4.69) is 31.3 Å². The van der Waals surface area contributed by atoms with Crippen molar-refractivity contribution in [3.63, 3.8) is 0 Å². The van der Waals surface area contributed by atoms with Crippen molar-refractivity contribution < 1.29 is 0 Å². The lowest BCUT2D eigenvalue weighted by atomic mass is 9.89. The van der Waals surface area contributed by atoms with E-state index in [9.17, 15) is 0 Å². The van der Waals surface area contributed by atoms with Crippen molar-refractivity contribution in [3.8, 4) is 0 Å². The van der Waals surface area contributed by atoms with Crippen molar-refractivity contribution in [1.29, 1.82) is 0 Å². The van der Waals surface area contributed by atoms with Gasteiger partial charge < -0.3 is 0 Å². The highest BCUT2D eigenvalue weighted by Crippen LogP contribution is 2.20. The fraction of sp³-hybridized carbons (Fsp3) is 0.400. The van der Waals surface area contributed by atoms with Crippen molar-refractivity contribution in [2.45, 2.75) is 25.9 Å². The van der Waals surface area contributed by atoms with Crippen LogP contribution in [0.1, 0.15) is 11.1 Å². The number of fused-ring (bicyclic) bond motifs is 1. The van der Waals surface area contributed by atoms with Crippen LogP contribution in [0.2, 0.25) is 13.1 Å². The fourth-order valence-corrected chi connectivity index (χ4v) is 2.59. The maximum atomic E-state index is 2.43. The number of rotatable bonds is 1. The molecule has 0 saturated carbocycles. The predicted molar refractivity (Wildman–Crippen MR) is 52.4 cm³/mol. The Balaban J connectivity index is 2.38. The third-order valence-corrected chi connectivity index (χ3v) is 4.25. The van der Waals surface area contributed by atoms with Crippen LogP contribution in [-0.2, 0) is 12.8 Å². The number of hydrogen-bond acceptors (Lipinski definition) is 0. The monoisotopic (exact) mass is 162 g/mol. The molecule has 0 saturated heterocycles. The summed E-state index contributed by atoms with van der Waals surface area (Å²) in [6.07, 6.45) is 2.64. The fourth-order valence-electron chi connectivity index (χ4n) is 1.57. The van der Waals surface area contributed by atoms with E-state index in [0.717, 1.165) is 0 Å². The van der Waals surface area contributed by atoms with Crippen LogP contribution in [0.3, 0.4) is 0 Å². The SMILES string of the molecule is C[SiH](C)c1ccc2c(c1)CC2. The average molecular weight is 162 g/mol. The van der Waals surface area contributed by atoms with E-state index in [-0.39, 0.29) is 0 Å². The molecule has 2 rings (SSSR count). The molecule has 0 nitrogen and oxygen atoms in total. The zero-order chi connectivity index (χ0) is 7.84. The summed E-state index contributed by atoms with van der Waals surface area (Å²) in [5.41, 5.74) is 3.20. The van der Waals surface area contributed by atoms with Gasteiger partial charge in [0.15, 0.2) is 0 Å². The van der Waals surface area contributed by atoms with E-state index < -0.39 is 8.80 Å². The Morgan fingerprint density at radius 2 is 1.82 bits per heavy atom.